The molecule has 3 aromatic rings. The van der Waals surface area contributed by atoms with Gasteiger partial charge in [-0.2, -0.15) is 4.72 Å². The van der Waals surface area contributed by atoms with Crippen molar-refractivity contribution in [2.24, 2.45) is 0 Å². The van der Waals surface area contributed by atoms with Crippen LogP contribution in [-0.4, -0.2) is 26.3 Å². The lowest BCUT2D eigenvalue weighted by atomic mass is 10.1. The van der Waals surface area contributed by atoms with Gasteiger partial charge in [-0.1, -0.05) is 59.6 Å². The lowest BCUT2D eigenvalue weighted by Crippen LogP contribution is -2.45. The van der Waals surface area contributed by atoms with Gasteiger partial charge in [0.15, 0.2) is 0 Å². The van der Waals surface area contributed by atoms with E-state index in [-0.39, 0.29) is 27.3 Å². The normalized spacial score (nSPS) is 12.1. The lowest BCUT2D eigenvalue weighted by Gasteiger charge is -2.19. The number of benzene rings is 3. The zero-order valence-corrected chi connectivity index (χ0v) is 19.8. The first kappa shape index (κ1) is 24.7. The average molecular weight is 506 g/mol. The second-order valence-electron chi connectivity index (χ2n) is 7.19. The predicted octanol–water partition coefficient (Wildman–Crippen LogP) is 4.48. The number of amides is 2. The van der Waals surface area contributed by atoms with Gasteiger partial charge in [0.2, 0.25) is 21.8 Å². The molecule has 0 fully saturated rings. The van der Waals surface area contributed by atoms with Crippen molar-refractivity contribution >= 4 is 56.4 Å². The second-order valence-corrected chi connectivity index (χ2v) is 9.72. The Morgan fingerprint density at radius 3 is 2.21 bits per heavy atom. The van der Waals surface area contributed by atoms with Crippen LogP contribution in [0, 0.1) is 0 Å². The summed E-state index contributed by atoms with van der Waals surface area (Å²) >= 11 is 12.0. The van der Waals surface area contributed by atoms with Crippen LogP contribution in [0.15, 0.2) is 77.7 Å². The molecule has 0 radical (unpaired) electrons. The van der Waals surface area contributed by atoms with Gasteiger partial charge in [-0.15, -0.1) is 0 Å². The molecule has 0 spiro atoms. The van der Waals surface area contributed by atoms with Crippen LogP contribution >= 0.6 is 23.2 Å². The summed E-state index contributed by atoms with van der Waals surface area (Å²) in [5.74, 6) is -0.841. The number of carbonyl (C=O) groups excluding carboxylic acids is 2. The van der Waals surface area contributed by atoms with Gasteiger partial charge in [-0.25, -0.2) is 8.42 Å². The fourth-order valence-corrected chi connectivity index (χ4v) is 5.04. The number of hydrogen-bond donors (Lipinski definition) is 3. The molecule has 0 aromatic heterocycles. The SMILES string of the molecule is CC(=O)Nc1cccc(NC(=O)[C@H](Cc2ccccc2)NS(=O)(=O)c2cc(Cl)ccc2Cl)c1. The van der Waals surface area contributed by atoms with Gasteiger partial charge in [0.1, 0.15) is 10.9 Å². The van der Waals surface area contributed by atoms with Gasteiger partial charge < -0.3 is 10.6 Å². The topological polar surface area (TPSA) is 104 Å². The summed E-state index contributed by atoms with van der Waals surface area (Å²) in [6, 6.07) is 18.4. The van der Waals surface area contributed by atoms with E-state index in [9.17, 15) is 18.0 Å². The van der Waals surface area contributed by atoms with Crippen LogP contribution in [0.1, 0.15) is 12.5 Å². The zero-order chi connectivity index (χ0) is 24.0. The highest BCUT2D eigenvalue weighted by Gasteiger charge is 2.28. The summed E-state index contributed by atoms with van der Waals surface area (Å²) in [5, 5.41) is 5.50. The Kier molecular flexibility index (Phi) is 8.10. The quantitative estimate of drug-likeness (QED) is 0.419. The van der Waals surface area contributed by atoms with Crippen LogP contribution < -0.4 is 15.4 Å². The number of carbonyl (C=O) groups is 2. The third-order valence-corrected chi connectivity index (χ3v) is 6.72. The Balaban J connectivity index is 1.88. The summed E-state index contributed by atoms with van der Waals surface area (Å²) in [5.41, 5.74) is 1.64. The van der Waals surface area contributed by atoms with Crippen molar-refractivity contribution in [2.75, 3.05) is 10.6 Å². The van der Waals surface area contributed by atoms with E-state index >= 15 is 0 Å². The minimum absolute atomic E-state index is 0.0197. The third kappa shape index (κ3) is 7.03. The summed E-state index contributed by atoms with van der Waals surface area (Å²) in [4.78, 5) is 24.2. The molecule has 0 heterocycles. The molecular formula is C23H21Cl2N3O4S. The van der Waals surface area contributed by atoms with Crippen LogP contribution in [0.25, 0.3) is 0 Å². The molecule has 7 nitrogen and oxygen atoms in total. The Hall–Kier alpha value is -2.91. The minimum atomic E-state index is -4.18. The Bertz CT molecular complexity index is 1270. The Morgan fingerprint density at radius 2 is 1.55 bits per heavy atom. The van der Waals surface area contributed by atoms with E-state index in [4.69, 9.17) is 23.2 Å². The van der Waals surface area contributed by atoms with Crippen LogP contribution in [0.3, 0.4) is 0 Å². The van der Waals surface area contributed by atoms with Crippen molar-refractivity contribution in [3.8, 4) is 0 Å². The van der Waals surface area contributed by atoms with Gasteiger partial charge in [-0.05, 0) is 48.4 Å². The van der Waals surface area contributed by atoms with Crippen molar-refractivity contribution in [3.63, 3.8) is 0 Å². The van der Waals surface area contributed by atoms with Gasteiger partial charge in [0.05, 0.1) is 5.02 Å². The second kappa shape index (κ2) is 10.8. The van der Waals surface area contributed by atoms with Gasteiger partial charge in [0, 0.05) is 23.3 Å². The molecule has 0 aliphatic rings. The molecule has 33 heavy (non-hydrogen) atoms. The number of hydrogen-bond acceptors (Lipinski definition) is 4. The zero-order valence-electron chi connectivity index (χ0n) is 17.5. The number of rotatable bonds is 8. The molecule has 0 aliphatic carbocycles. The largest absolute Gasteiger partial charge is 0.326 e. The minimum Gasteiger partial charge on any atom is -0.326 e. The van der Waals surface area contributed by atoms with Crippen molar-refractivity contribution in [1.82, 2.24) is 4.72 Å². The van der Waals surface area contributed by atoms with Gasteiger partial charge in [0.25, 0.3) is 0 Å². The maximum absolute atomic E-state index is 13.1. The van der Waals surface area contributed by atoms with E-state index < -0.39 is 22.0 Å². The van der Waals surface area contributed by atoms with E-state index in [1.54, 1.807) is 48.5 Å². The Morgan fingerprint density at radius 1 is 0.879 bits per heavy atom. The fraction of sp³-hybridized carbons (Fsp3) is 0.130. The third-order valence-electron chi connectivity index (χ3n) is 4.53. The standard InChI is InChI=1S/C23H21Cl2N3O4S/c1-15(29)26-18-8-5-9-19(14-18)27-23(30)21(12-16-6-3-2-4-7-16)28-33(31,32)22-13-17(24)10-11-20(22)25/h2-11,13-14,21,28H,12H2,1H3,(H,26,29)(H,27,30)/t21-/m0/s1. The molecule has 0 saturated heterocycles. The number of halogens is 2. The maximum atomic E-state index is 13.1. The molecule has 0 saturated carbocycles. The van der Waals surface area contributed by atoms with E-state index in [2.05, 4.69) is 15.4 Å². The lowest BCUT2D eigenvalue weighted by molar-refractivity contribution is -0.117. The van der Waals surface area contributed by atoms with Crippen molar-refractivity contribution in [3.05, 3.63) is 88.4 Å². The van der Waals surface area contributed by atoms with E-state index in [1.165, 1.54) is 25.1 Å². The average Bonchev–Trinajstić information content (AvgIpc) is 2.75. The first-order valence-corrected chi connectivity index (χ1v) is 12.1. The highest BCUT2D eigenvalue weighted by molar-refractivity contribution is 7.89. The first-order valence-electron chi connectivity index (χ1n) is 9.84. The summed E-state index contributed by atoms with van der Waals surface area (Å²) in [6.07, 6.45) is 0.0927. The van der Waals surface area contributed by atoms with Gasteiger partial charge in [-0.3, -0.25) is 9.59 Å². The molecule has 0 unspecified atom stereocenters. The van der Waals surface area contributed by atoms with Crippen molar-refractivity contribution in [1.29, 1.82) is 0 Å². The summed E-state index contributed by atoms with van der Waals surface area (Å²) in [7, 11) is -4.18. The molecule has 172 valence electrons. The molecule has 0 bridgehead atoms. The molecular weight excluding hydrogens is 485 g/mol. The molecule has 10 heteroatoms. The molecule has 1 atom stereocenters. The predicted molar refractivity (Wildman–Crippen MR) is 130 cm³/mol. The van der Waals surface area contributed by atoms with Crippen LogP contribution in [0.5, 0.6) is 0 Å². The maximum Gasteiger partial charge on any atom is 0.242 e. The highest BCUT2D eigenvalue weighted by atomic mass is 35.5. The molecule has 2 amide bonds. The van der Waals surface area contributed by atoms with E-state index in [0.29, 0.717) is 11.4 Å². The fourth-order valence-electron chi connectivity index (χ4n) is 3.08. The molecule has 3 aromatic carbocycles. The van der Waals surface area contributed by atoms with E-state index in [1.807, 2.05) is 6.07 Å². The molecule has 3 N–H and O–H groups in total. The number of nitrogens with one attached hydrogen (secondary N) is 3. The number of anilines is 2. The van der Waals surface area contributed by atoms with E-state index in [0.717, 1.165) is 5.56 Å². The van der Waals surface area contributed by atoms with Crippen molar-refractivity contribution < 1.29 is 18.0 Å². The molecule has 3 rings (SSSR count). The first-order chi connectivity index (χ1) is 15.6. The summed E-state index contributed by atoms with van der Waals surface area (Å²) in [6.45, 7) is 1.37. The van der Waals surface area contributed by atoms with Crippen LogP contribution in [-0.2, 0) is 26.0 Å². The molecule has 0 aliphatic heterocycles. The summed E-state index contributed by atoms with van der Waals surface area (Å²) < 4.78 is 28.6. The van der Waals surface area contributed by atoms with Crippen molar-refractivity contribution in [2.45, 2.75) is 24.3 Å². The number of sulfonamides is 1. The monoisotopic (exact) mass is 505 g/mol. The Labute approximate surface area is 202 Å². The van der Waals surface area contributed by atoms with Crippen LogP contribution in [0.4, 0.5) is 11.4 Å². The van der Waals surface area contributed by atoms with Gasteiger partial charge >= 0.3 is 0 Å². The smallest absolute Gasteiger partial charge is 0.242 e. The highest BCUT2D eigenvalue weighted by Crippen LogP contribution is 2.25. The van der Waals surface area contributed by atoms with Crippen LogP contribution in [0.2, 0.25) is 10.0 Å².